The molecule has 6 heteroatoms. The van der Waals surface area contributed by atoms with Gasteiger partial charge >= 0.3 is 0 Å². The second kappa shape index (κ2) is 10.6. The Bertz CT molecular complexity index is 1050. The molecule has 1 fully saturated rings. The number of rotatable bonds is 6. The summed E-state index contributed by atoms with van der Waals surface area (Å²) >= 11 is 6.17. The Morgan fingerprint density at radius 2 is 1.40 bits per heavy atom. The summed E-state index contributed by atoms with van der Waals surface area (Å²) in [5.41, 5.74) is 0.863. The van der Waals surface area contributed by atoms with Crippen LogP contribution in [0.15, 0.2) is 84.9 Å². The zero-order valence-corrected chi connectivity index (χ0v) is 22.5. The SMILES string of the molecule is CC1[C@H](O)C(O[Si](c2ccccc2)(c2ccccc2)C(C)(C)C)[C@H](c2ccc(Cl)cc2)O[C@@H]1CO. The predicted octanol–water partition coefficient (Wildman–Crippen LogP) is 4.71. The smallest absolute Gasteiger partial charge is 0.261 e. The third kappa shape index (κ3) is 4.99. The Balaban J connectivity index is 1.90. The van der Waals surface area contributed by atoms with Crippen molar-refractivity contribution in [2.45, 2.75) is 57.1 Å². The van der Waals surface area contributed by atoms with Crippen LogP contribution < -0.4 is 10.4 Å². The van der Waals surface area contributed by atoms with Crippen LogP contribution in [0.4, 0.5) is 0 Å². The van der Waals surface area contributed by atoms with E-state index in [1.807, 2.05) is 67.6 Å². The fourth-order valence-corrected chi connectivity index (χ4v) is 10.1. The lowest BCUT2D eigenvalue weighted by Crippen LogP contribution is -2.70. The van der Waals surface area contributed by atoms with Gasteiger partial charge in [-0.1, -0.05) is 112 Å². The van der Waals surface area contributed by atoms with Crippen molar-refractivity contribution in [1.29, 1.82) is 0 Å². The van der Waals surface area contributed by atoms with Crippen LogP contribution >= 0.6 is 11.6 Å². The quantitative estimate of drug-likeness (QED) is 0.471. The fourth-order valence-electron chi connectivity index (χ4n) is 5.24. The number of hydrogen-bond donors (Lipinski definition) is 2. The topological polar surface area (TPSA) is 58.9 Å². The van der Waals surface area contributed by atoms with Gasteiger partial charge in [0.05, 0.1) is 18.8 Å². The van der Waals surface area contributed by atoms with Crippen molar-refractivity contribution in [2.75, 3.05) is 6.61 Å². The molecule has 2 N–H and O–H groups in total. The molecule has 3 aromatic rings. The van der Waals surface area contributed by atoms with E-state index in [0.29, 0.717) is 5.02 Å². The van der Waals surface area contributed by atoms with Crippen LogP contribution in [0.1, 0.15) is 39.4 Å². The summed E-state index contributed by atoms with van der Waals surface area (Å²) in [5.74, 6) is -0.299. The average molecular weight is 511 g/mol. The fraction of sp³-hybridized carbons (Fsp3) is 0.379. The molecule has 0 aliphatic carbocycles. The molecule has 0 bridgehead atoms. The first-order valence-corrected chi connectivity index (χ1v) is 14.5. The van der Waals surface area contributed by atoms with Crippen molar-refractivity contribution >= 4 is 30.3 Å². The molecular weight excluding hydrogens is 476 g/mol. The van der Waals surface area contributed by atoms with Crippen LogP contribution in [0.5, 0.6) is 0 Å². The Kier molecular flexibility index (Phi) is 7.86. The molecule has 3 aromatic carbocycles. The number of aliphatic hydroxyl groups is 2. The summed E-state index contributed by atoms with van der Waals surface area (Å²) in [6.45, 7) is 8.38. The number of halogens is 1. The van der Waals surface area contributed by atoms with Crippen molar-refractivity contribution in [1.82, 2.24) is 0 Å². The zero-order valence-electron chi connectivity index (χ0n) is 20.8. The van der Waals surface area contributed by atoms with Crippen LogP contribution in [0.3, 0.4) is 0 Å². The highest BCUT2D eigenvalue weighted by Crippen LogP contribution is 2.43. The molecule has 2 unspecified atom stereocenters. The number of aliphatic hydroxyl groups excluding tert-OH is 2. The van der Waals surface area contributed by atoms with E-state index in [9.17, 15) is 10.2 Å². The van der Waals surface area contributed by atoms with E-state index in [-0.39, 0.29) is 17.6 Å². The maximum absolute atomic E-state index is 11.6. The lowest BCUT2D eigenvalue weighted by Gasteiger charge is -2.50. The highest BCUT2D eigenvalue weighted by Gasteiger charge is 2.55. The van der Waals surface area contributed by atoms with Crippen molar-refractivity contribution in [3.63, 3.8) is 0 Å². The van der Waals surface area contributed by atoms with Gasteiger partial charge in [0.2, 0.25) is 0 Å². The van der Waals surface area contributed by atoms with Crippen LogP contribution in [0.2, 0.25) is 10.1 Å². The first-order valence-electron chi connectivity index (χ1n) is 12.2. The number of benzene rings is 3. The van der Waals surface area contributed by atoms with Crippen molar-refractivity contribution < 1.29 is 19.4 Å². The summed E-state index contributed by atoms with van der Waals surface area (Å²) in [6, 6.07) is 28.2. The van der Waals surface area contributed by atoms with Crippen LogP contribution in [-0.4, -0.2) is 43.4 Å². The second-order valence-electron chi connectivity index (χ2n) is 10.4. The normalized spacial score (nSPS) is 25.4. The molecule has 1 aliphatic heterocycles. The Morgan fingerprint density at radius 1 is 0.886 bits per heavy atom. The molecule has 1 heterocycles. The van der Waals surface area contributed by atoms with Crippen molar-refractivity contribution in [2.24, 2.45) is 5.92 Å². The molecule has 0 radical (unpaired) electrons. The molecule has 1 saturated heterocycles. The largest absolute Gasteiger partial charge is 0.399 e. The van der Waals surface area contributed by atoms with Gasteiger partial charge in [0.15, 0.2) is 0 Å². The summed E-state index contributed by atoms with van der Waals surface area (Å²) in [5, 5.41) is 24.3. The van der Waals surface area contributed by atoms with Crippen LogP contribution in [0.25, 0.3) is 0 Å². The predicted molar refractivity (Wildman–Crippen MR) is 144 cm³/mol. The molecule has 0 saturated carbocycles. The highest BCUT2D eigenvalue weighted by atomic mass is 35.5. The second-order valence-corrected chi connectivity index (χ2v) is 15.1. The van der Waals surface area contributed by atoms with E-state index in [1.165, 1.54) is 0 Å². The van der Waals surface area contributed by atoms with Crippen LogP contribution in [-0.2, 0) is 9.16 Å². The summed E-state index contributed by atoms with van der Waals surface area (Å²) in [7, 11) is -2.95. The maximum Gasteiger partial charge on any atom is 0.261 e. The number of hydrogen-bond acceptors (Lipinski definition) is 4. The van der Waals surface area contributed by atoms with Gasteiger partial charge in [0, 0.05) is 10.9 Å². The minimum absolute atomic E-state index is 0.172. The molecular formula is C29H35ClO4Si. The van der Waals surface area contributed by atoms with Gasteiger partial charge in [-0.3, -0.25) is 0 Å². The van der Waals surface area contributed by atoms with E-state index in [2.05, 4.69) is 45.0 Å². The molecule has 1 aliphatic rings. The molecule has 5 atom stereocenters. The maximum atomic E-state index is 11.6. The van der Waals surface area contributed by atoms with Gasteiger partial charge in [-0.05, 0) is 33.1 Å². The minimum atomic E-state index is -2.95. The third-order valence-electron chi connectivity index (χ3n) is 7.19. The van der Waals surface area contributed by atoms with Gasteiger partial charge in [0.1, 0.15) is 12.2 Å². The third-order valence-corrected chi connectivity index (χ3v) is 12.5. The first-order chi connectivity index (χ1) is 16.7. The van der Waals surface area contributed by atoms with Gasteiger partial charge in [-0.15, -0.1) is 0 Å². The first kappa shape index (κ1) is 26.1. The Morgan fingerprint density at radius 3 is 1.86 bits per heavy atom. The summed E-state index contributed by atoms with van der Waals surface area (Å²) < 4.78 is 13.8. The lowest BCUT2D eigenvalue weighted by atomic mass is 9.86. The van der Waals surface area contributed by atoms with E-state index < -0.39 is 32.7 Å². The van der Waals surface area contributed by atoms with Gasteiger partial charge < -0.3 is 19.4 Å². The van der Waals surface area contributed by atoms with E-state index >= 15 is 0 Å². The highest BCUT2D eigenvalue weighted by molar-refractivity contribution is 6.99. The zero-order chi connectivity index (χ0) is 25.2. The summed E-state index contributed by atoms with van der Waals surface area (Å²) in [6.07, 6.45) is -2.52. The molecule has 4 nitrogen and oxygen atoms in total. The molecule has 0 aromatic heterocycles. The van der Waals surface area contributed by atoms with Gasteiger partial charge in [-0.25, -0.2) is 0 Å². The Labute approximate surface area is 214 Å². The van der Waals surface area contributed by atoms with Gasteiger partial charge in [-0.2, -0.15) is 0 Å². The van der Waals surface area contributed by atoms with Crippen molar-refractivity contribution in [3.05, 3.63) is 95.5 Å². The lowest BCUT2D eigenvalue weighted by molar-refractivity contribution is -0.201. The molecule has 186 valence electrons. The average Bonchev–Trinajstić information content (AvgIpc) is 2.86. The van der Waals surface area contributed by atoms with E-state index in [1.54, 1.807) is 0 Å². The van der Waals surface area contributed by atoms with E-state index in [0.717, 1.165) is 15.9 Å². The molecule has 0 spiro atoms. The minimum Gasteiger partial charge on any atom is -0.399 e. The summed E-state index contributed by atoms with van der Waals surface area (Å²) in [4.78, 5) is 0. The standard InChI is InChI=1S/C29H35ClO4Si/c1-20-25(19-31)33-27(21-15-17-22(30)18-16-21)28(26(20)32)34-35(29(2,3)4,23-11-7-5-8-12-23)24-13-9-6-10-14-24/h5-18,20,25-28,31-32H,19H2,1-4H3/t20?,25-,26+,27+,28?/m1/s1. The Hall–Kier alpha value is -1.99. The van der Waals surface area contributed by atoms with Crippen LogP contribution in [0, 0.1) is 5.92 Å². The molecule has 0 amide bonds. The molecule has 35 heavy (non-hydrogen) atoms. The molecule has 4 rings (SSSR count). The van der Waals surface area contributed by atoms with E-state index in [4.69, 9.17) is 20.8 Å². The number of ether oxygens (including phenoxy) is 1. The van der Waals surface area contributed by atoms with Crippen molar-refractivity contribution in [3.8, 4) is 0 Å². The monoisotopic (exact) mass is 510 g/mol. The van der Waals surface area contributed by atoms with Gasteiger partial charge in [0.25, 0.3) is 8.32 Å².